The molecule has 1 aromatic carbocycles. The van der Waals surface area contributed by atoms with Gasteiger partial charge in [0.25, 0.3) is 0 Å². The fraction of sp³-hybridized carbons (Fsp3) is 0.421. The van der Waals surface area contributed by atoms with Crippen molar-refractivity contribution in [3.63, 3.8) is 0 Å². The number of alkyl halides is 3. The van der Waals surface area contributed by atoms with Crippen molar-refractivity contribution in [2.45, 2.75) is 20.2 Å². The zero-order valence-corrected chi connectivity index (χ0v) is 16.7. The van der Waals surface area contributed by atoms with Crippen LogP contribution in [0.5, 0.6) is 5.75 Å². The lowest BCUT2D eigenvalue weighted by Gasteiger charge is -2.35. The first-order chi connectivity index (χ1) is 14.2. The van der Waals surface area contributed by atoms with E-state index >= 15 is 0 Å². The molecule has 0 spiro atoms. The quantitative estimate of drug-likeness (QED) is 0.765. The Kier molecular flexibility index (Phi) is 6.48. The lowest BCUT2D eigenvalue weighted by atomic mass is 10.3. The number of ether oxygens (including phenoxy) is 1. The number of hydrogen-bond donors (Lipinski definition) is 2. The summed E-state index contributed by atoms with van der Waals surface area (Å²) in [6.07, 6.45) is -4.75. The van der Waals surface area contributed by atoms with Crippen molar-refractivity contribution in [3.8, 4) is 5.75 Å². The fourth-order valence-corrected chi connectivity index (χ4v) is 3.07. The highest BCUT2D eigenvalue weighted by Crippen LogP contribution is 2.24. The molecule has 0 unspecified atom stereocenters. The molecule has 1 aliphatic heterocycles. The molecule has 11 heteroatoms. The highest BCUT2D eigenvalue weighted by molar-refractivity contribution is 5.89. The minimum atomic E-state index is -4.75. The van der Waals surface area contributed by atoms with E-state index in [0.29, 0.717) is 37.7 Å². The van der Waals surface area contributed by atoms with E-state index in [9.17, 15) is 18.0 Å². The summed E-state index contributed by atoms with van der Waals surface area (Å²) in [6, 6.07) is 6.60. The van der Waals surface area contributed by atoms with Gasteiger partial charge in [0.2, 0.25) is 0 Å². The lowest BCUT2D eigenvalue weighted by molar-refractivity contribution is -0.274. The van der Waals surface area contributed by atoms with Gasteiger partial charge in [0, 0.05) is 44.5 Å². The second-order valence-electron chi connectivity index (χ2n) is 6.67. The van der Waals surface area contributed by atoms with Gasteiger partial charge in [0.15, 0.2) is 0 Å². The summed E-state index contributed by atoms with van der Waals surface area (Å²) in [5, 5.41) is 5.86. The molecular weight excluding hydrogens is 401 g/mol. The van der Waals surface area contributed by atoms with Gasteiger partial charge in [-0.1, -0.05) is 0 Å². The first-order valence-electron chi connectivity index (χ1n) is 9.50. The molecule has 0 bridgehead atoms. The number of nitrogens with one attached hydrogen (secondary N) is 2. The number of piperazine rings is 1. The van der Waals surface area contributed by atoms with Gasteiger partial charge >= 0.3 is 12.4 Å². The Labute approximate surface area is 172 Å². The van der Waals surface area contributed by atoms with E-state index in [1.165, 1.54) is 12.1 Å². The minimum Gasteiger partial charge on any atom is -0.406 e. The number of nitrogens with zero attached hydrogens (tertiary/aromatic N) is 4. The molecule has 162 valence electrons. The molecule has 0 radical (unpaired) electrons. The van der Waals surface area contributed by atoms with Crippen molar-refractivity contribution in [3.05, 3.63) is 36.2 Å². The topological polar surface area (TPSA) is 82.6 Å². The molecule has 2 aromatic rings. The first-order valence-corrected chi connectivity index (χ1v) is 9.50. The molecule has 1 saturated heterocycles. The molecule has 8 nitrogen and oxygen atoms in total. The Morgan fingerprint density at radius 1 is 1.13 bits per heavy atom. The van der Waals surface area contributed by atoms with E-state index in [-0.39, 0.29) is 11.8 Å². The number of amides is 2. The van der Waals surface area contributed by atoms with Gasteiger partial charge in [-0.2, -0.15) is 0 Å². The highest BCUT2D eigenvalue weighted by atomic mass is 19.4. The van der Waals surface area contributed by atoms with Crippen LogP contribution in [-0.2, 0) is 0 Å². The van der Waals surface area contributed by atoms with Crippen molar-refractivity contribution in [1.82, 2.24) is 14.9 Å². The molecule has 0 saturated carbocycles. The molecule has 1 aromatic heterocycles. The van der Waals surface area contributed by atoms with Crippen molar-refractivity contribution in [2.24, 2.45) is 0 Å². The van der Waals surface area contributed by atoms with Gasteiger partial charge in [-0.15, -0.1) is 13.2 Å². The first kappa shape index (κ1) is 21.5. The highest BCUT2D eigenvalue weighted by Gasteiger charge is 2.31. The van der Waals surface area contributed by atoms with Crippen LogP contribution in [0.3, 0.4) is 0 Å². The van der Waals surface area contributed by atoms with E-state index in [4.69, 9.17) is 0 Å². The predicted octanol–water partition coefficient (Wildman–Crippen LogP) is 3.47. The monoisotopic (exact) mass is 424 g/mol. The van der Waals surface area contributed by atoms with E-state index in [1.54, 1.807) is 4.90 Å². The van der Waals surface area contributed by atoms with Crippen LogP contribution in [0.1, 0.15) is 12.7 Å². The maximum absolute atomic E-state index is 12.5. The van der Waals surface area contributed by atoms with Crippen LogP contribution >= 0.6 is 0 Å². The summed E-state index contributed by atoms with van der Waals surface area (Å²) in [5.41, 5.74) is 0.388. The molecule has 0 atom stereocenters. The number of halogens is 3. The van der Waals surface area contributed by atoms with Crippen LogP contribution in [0.2, 0.25) is 0 Å². The molecule has 0 aliphatic carbocycles. The molecule has 2 heterocycles. The molecule has 1 fully saturated rings. The third-order valence-corrected chi connectivity index (χ3v) is 4.41. The largest absolute Gasteiger partial charge is 0.573 e. The van der Waals surface area contributed by atoms with Crippen molar-refractivity contribution in [1.29, 1.82) is 0 Å². The van der Waals surface area contributed by atoms with Gasteiger partial charge in [0.05, 0.1) is 0 Å². The lowest BCUT2D eigenvalue weighted by Crippen LogP contribution is -2.50. The zero-order valence-electron chi connectivity index (χ0n) is 16.7. The number of rotatable bonds is 5. The van der Waals surface area contributed by atoms with Crippen molar-refractivity contribution < 1.29 is 22.7 Å². The number of hydrogen-bond acceptors (Lipinski definition) is 6. The van der Waals surface area contributed by atoms with Crippen LogP contribution in [0.15, 0.2) is 30.3 Å². The molecule has 2 N–H and O–H groups in total. The van der Waals surface area contributed by atoms with Crippen molar-refractivity contribution >= 4 is 23.4 Å². The van der Waals surface area contributed by atoms with E-state index in [1.807, 2.05) is 19.9 Å². The standard InChI is InChI=1S/C19H23F3N6O2/c1-3-23-16-12-17(25-13(2)24-16)27-8-10-28(11-9-27)18(29)26-14-4-6-15(7-5-14)30-19(20,21)22/h4-7,12H,3,8-11H2,1-2H3,(H,26,29)(H,23,24,25). The van der Waals surface area contributed by atoms with Gasteiger partial charge < -0.3 is 25.2 Å². The Bertz CT molecular complexity index is 868. The van der Waals surface area contributed by atoms with Gasteiger partial charge in [-0.25, -0.2) is 14.8 Å². The summed E-state index contributed by atoms with van der Waals surface area (Å²) >= 11 is 0. The Hall–Kier alpha value is -3.24. The maximum Gasteiger partial charge on any atom is 0.573 e. The summed E-state index contributed by atoms with van der Waals surface area (Å²) in [4.78, 5) is 25.0. The number of aryl methyl sites for hydroxylation is 1. The number of aromatic nitrogens is 2. The number of carbonyl (C=O) groups is 1. The smallest absolute Gasteiger partial charge is 0.406 e. The van der Waals surface area contributed by atoms with Crippen LogP contribution < -0.4 is 20.3 Å². The molecule has 30 heavy (non-hydrogen) atoms. The SMILES string of the molecule is CCNc1cc(N2CCN(C(=O)Nc3ccc(OC(F)(F)F)cc3)CC2)nc(C)n1. The van der Waals surface area contributed by atoms with E-state index in [0.717, 1.165) is 30.3 Å². The minimum absolute atomic E-state index is 0.314. The molecular formula is C19H23F3N6O2. The summed E-state index contributed by atoms with van der Waals surface area (Å²) in [6.45, 7) is 6.76. The normalized spacial score (nSPS) is 14.4. The predicted molar refractivity (Wildman–Crippen MR) is 107 cm³/mol. The van der Waals surface area contributed by atoms with Gasteiger partial charge in [-0.05, 0) is 38.1 Å². The molecule has 2 amide bonds. The number of anilines is 3. The van der Waals surface area contributed by atoms with Gasteiger partial charge in [0.1, 0.15) is 23.2 Å². The van der Waals surface area contributed by atoms with Crippen LogP contribution in [0.25, 0.3) is 0 Å². The second-order valence-corrected chi connectivity index (χ2v) is 6.67. The van der Waals surface area contributed by atoms with Crippen LogP contribution in [0, 0.1) is 6.92 Å². The third-order valence-electron chi connectivity index (χ3n) is 4.41. The number of urea groups is 1. The van der Waals surface area contributed by atoms with E-state index < -0.39 is 6.36 Å². The molecule has 3 rings (SSSR count). The van der Waals surface area contributed by atoms with Crippen LogP contribution in [0.4, 0.5) is 35.3 Å². The Morgan fingerprint density at radius 2 is 1.80 bits per heavy atom. The Balaban J connectivity index is 1.54. The maximum atomic E-state index is 12.5. The second kappa shape index (κ2) is 9.06. The average Bonchev–Trinajstić information content (AvgIpc) is 2.68. The van der Waals surface area contributed by atoms with E-state index in [2.05, 4.69) is 30.2 Å². The fourth-order valence-electron chi connectivity index (χ4n) is 3.07. The van der Waals surface area contributed by atoms with Gasteiger partial charge in [-0.3, -0.25) is 0 Å². The summed E-state index contributed by atoms with van der Waals surface area (Å²) in [7, 11) is 0. The summed E-state index contributed by atoms with van der Waals surface area (Å²) in [5.74, 6) is 1.89. The average molecular weight is 424 g/mol. The number of benzene rings is 1. The summed E-state index contributed by atoms with van der Waals surface area (Å²) < 4.78 is 40.5. The number of carbonyl (C=O) groups excluding carboxylic acids is 1. The van der Waals surface area contributed by atoms with Crippen LogP contribution in [-0.4, -0.2) is 60.0 Å². The van der Waals surface area contributed by atoms with Crippen molar-refractivity contribution in [2.75, 3.05) is 48.3 Å². The third kappa shape index (κ3) is 5.88. The Morgan fingerprint density at radius 3 is 2.40 bits per heavy atom. The zero-order chi connectivity index (χ0) is 21.7. The molecule has 1 aliphatic rings.